The molecular weight excluding hydrogens is 287 g/mol. The van der Waals surface area contributed by atoms with E-state index in [0.717, 1.165) is 12.8 Å². The van der Waals surface area contributed by atoms with Gasteiger partial charge in [0.2, 0.25) is 0 Å². The van der Waals surface area contributed by atoms with Crippen molar-refractivity contribution in [1.82, 2.24) is 0 Å². The minimum absolute atomic E-state index is 0.179. The normalized spacial score (nSPS) is 14.4. The van der Waals surface area contributed by atoms with Gasteiger partial charge in [-0.15, -0.1) is 23.2 Å². The highest BCUT2D eigenvalue weighted by Crippen LogP contribution is 2.22. The molecule has 0 saturated carbocycles. The Balaban J connectivity index is 3.35. The van der Waals surface area contributed by atoms with Crippen molar-refractivity contribution in [1.29, 1.82) is 0 Å². The van der Waals surface area contributed by atoms with Crippen molar-refractivity contribution in [2.24, 2.45) is 0 Å². The van der Waals surface area contributed by atoms with Crippen LogP contribution in [0.5, 0.6) is 0 Å². The number of alkyl halides is 2. The lowest BCUT2D eigenvalue weighted by Gasteiger charge is -2.16. The molecule has 0 aliphatic carbocycles. The van der Waals surface area contributed by atoms with Gasteiger partial charge < -0.3 is 0 Å². The van der Waals surface area contributed by atoms with Gasteiger partial charge in [0.1, 0.15) is 0 Å². The first kappa shape index (κ1) is 20.6. The summed E-state index contributed by atoms with van der Waals surface area (Å²) in [5.41, 5.74) is 0. The van der Waals surface area contributed by atoms with Crippen molar-refractivity contribution in [3.63, 3.8) is 0 Å². The lowest BCUT2D eigenvalue weighted by molar-refractivity contribution is 0.539. The number of hydrogen-bond acceptors (Lipinski definition) is 0. The van der Waals surface area contributed by atoms with E-state index in [-0.39, 0.29) is 10.8 Å². The molecule has 0 radical (unpaired) electrons. The molecule has 0 saturated heterocycles. The van der Waals surface area contributed by atoms with Crippen LogP contribution in [0.3, 0.4) is 0 Å². The molecule has 2 atom stereocenters. The molecule has 0 bridgehead atoms. The van der Waals surface area contributed by atoms with E-state index in [0.29, 0.717) is 0 Å². The van der Waals surface area contributed by atoms with Crippen molar-refractivity contribution >= 4 is 23.2 Å². The van der Waals surface area contributed by atoms with E-state index in [4.69, 9.17) is 23.2 Å². The van der Waals surface area contributed by atoms with Gasteiger partial charge in [-0.1, -0.05) is 90.9 Å². The molecule has 0 rings (SSSR count). The van der Waals surface area contributed by atoms with Crippen LogP contribution in [0.4, 0.5) is 0 Å². The van der Waals surface area contributed by atoms with Gasteiger partial charge in [0.05, 0.1) is 0 Å². The van der Waals surface area contributed by atoms with Gasteiger partial charge >= 0.3 is 0 Å². The Morgan fingerprint density at radius 2 is 0.800 bits per heavy atom. The molecule has 0 aliphatic rings. The topological polar surface area (TPSA) is 0 Å². The SMILES string of the molecule is CCCCCCCCC(Cl)C(Cl)CCCCCCCC. The van der Waals surface area contributed by atoms with Gasteiger partial charge in [0.25, 0.3) is 0 Å². The lowest BCUT2D eigenvalue weighted by atomic mass is 10.0. The Hall–Kier alpha value is 0.580. The predicted octanol–water partition coefficient (Wildman–Crippen LogP) is 7.70. The van der Waals surface area contributed by atoms with Crippen molar-refractivity contribution in [2.75, 3.05) is 0 Å². The Labute approximate surface area is 138 Å². The highest BCUT2D eigenvalue weighted by atomic mass is 35.5. The molecule has 0 aliphatic heterocycles. The van der Waals surface area contributed by atoms with Crippen LogP contribution in [-0.2, 0) is 0 Å². The standard InChI is InChI=1S/C18H36Cl2/c1-3-5-7-9-11-13-15-17(19)18(20)16-14-12-10-8-6-4-2/h17-18H,3-16H2,1-2H3. The average molecular weight is 323 g/mol. The zero-order chi connectivity index (χ0) is 15.1. The van der Waals surface area contributed by atoms with Crippen molar-refractivity contribution in [3.05, 3.63) is 0 Å². The van der Waals surface area contributed by atoms with E-state index >= 15 is 0 Å². The summed E-state index contributed by atoms with van der Waals surface area (Å²) in [4.78, 5) is 0. The second-order valence-corrected chi connectivity index (χ2v) is 7.27. The fourth-order valence-corrected chi connectivity index (χ4v) is 3.16. The van der Waals surface area contributed by atoms with E-state index in [1.807, 2.05) is 0 Å². The van der Waals surface area contributed by atoms with Gasteiger partial charge in [0.15, 0.2) is 0 Å². The van der Waals surface area contributed by atoms with Crippen molar-refractivity contribution in [3.8, 4) is 0 Å². The maximum absolute atomic E-state index is 6.40. The second kappa shape index (κ2) is 16.0. The second-order valence-electron chi connectivity index (χ2n) is 6.14. The van der Waals surface area contributed by atoms with Gasteiger partial charge in [-0.2, -0.15) is 0 Å². The quantitative estimate of drug-likeness (QED) is 0.214. The first-order chi connectivity index (χ1) is 9.72. The van der Waals surface area contributed by atoms with E-state index in [1.165, 1.54) is 77.0 Å². The molecule has 0 aromatic rings. The Kier molecular flexibility index (Phi) is 16.4. The number of hydrogen-bond donors (Lipinski definition) is 0. The van der Waals surface area contributed by atoms with Gasteiger partial charge in [-0.05, 0) is 12.8 Å². The van der Waals surface area contributed by atoms with Crippen LogP contribution in [-0.4, -0.2) is 10.8 Å². The summed E-state index contributed by atoms with van der Waals surface area (Å²) >= 11 is 12.8. The molecule has 0 aromatic heterocycles. The molecular formula is C18H36Cl2. The van der Waals surface area contributed by atoms with E-state index in [1.54, 1.807) is 0 Å². The smallest absolute Gasteiger partial charge is 0.0499 e. The Morgan fingerprint density at radius 3 is 1.15 bits per heavy atom. The zero-order valence-corrected chi connectivity index (χ0v) is 15.3. The van der Waals surface area contributed by atoms with Crippen LogP contribution in [0.2, 0.25) is 0 Å². The lowest BCUT2D eigenvalue weighted by Crippen LogP contribution is -2.14. The molecule has 2 unspecified atom stereocenters. The molecule has 122 valence electrons. The summed E-state index contributed by atoms with van der Waals surface area (Å²) < 4.78 is 0. The highest BCUT2D eigenvalue weighted by molar-refractivity contribution is 6.29. The molecule has 0 amide bonds. The van der Waals surface area contributed by atoms with Gasteiger partial charge in [-0.25, -0.2) is 0 Å². The molecule has 0 N–H and O–H groups in total. The van der Waals surface area contributed by atoms with Crippen molar-refractivity contribution in [2.45, 2.75) is 114 Å². The third-order valence-corrected chi connectivity index (χ3v) is 5.23. The minimum Gasteiger partial charge on any atom is -0.121 e. The van der Waals surface area contributed by atoms with Crippen molar-refractivity contribution < 1.29 is 0 Å². The zero-order valence-electron chi connectivity index (χ0n) is 13.8. The molecule has 20 heavy (non-hydrogen) atoms. The Morgan fingerprint density at radius 1 is 0.500 bits per heavy atom. The van der Waals surface area contributed by atoms with E-state index < -0.39 is 0 Å². The van der Waals surface area contributed by atoms with Crippen LogP contribution in [0, 0.1) is 0 Å². The molecule has 0 spiro atoms. The van der Waals surface area contributed by atoms with E-state index in [2.05, 4.69) is 13.8 Å². The largest absolute Gasteiger partial charge is 0.121 e. The number of halogens is 2. The summed E-state index contributed by atoms with van der Waals surface area (Å²) in [6.07, 6.45) is 18.2. The molecule has 0 nitrogen and oxygen atoms in total. The average Bonchev–Trinajstić information content (AvgIpc) is 2.45. The highest BCUT2D eigenvalue weighted by Gasteiger charge is 2.15. The fourth-order valence-electron chi connectivity index (χ4n) is 2.60. The third kappa shape index (κ3) is 13.6. The van der Waals surface area contributed by atoms with Crippen LogP contribution in [0.15, 0.2) is 0 Å². The maximum atomic E-state index is 6.40. The first-order valence-electron chi connectivity index (χ1n) is 9.00. The summed E-state index contributed by atoms with van der Waals surface area (Å²) in [7, 11) is 0. The van der Waals surface area contributed by atoms with Gasteiger partial charge in [0, 0.05) is 10.8 Å². The fraction of sp³-hybridized carbons (Fsp3) is 1.00. The minimum atomic E-state index is 0.179. The van der Waals surface area contributed by atoms with Crippen LogP contribution in [0.25, 0.3) is 0 Å². The van der Waals surface area contributed by atoms with E-state index in [9.17, 15) is 0 Å². The van der Waals surface area contributed by atoms with Crippen LogP contribution in [0.1, 0.15) is 104 Å². The molecule has 0 fully saturated rings. The maximum Gasteiger partial charge on any atom is 0.0499 e. The Bertz CT molecular complexity index is 162. The first-order valence-corrected chi connectivity index (χ1v) is 9.87. The predicted molar refractivity (Wildman–Crippen MR) is 95.3 cm³/mol. The molecule has 0 aromatic carbocycles. The monoisotopic (exact) mass is 322 g/mol. The van der Waals surface area contributed by atoms with Crippen LogP contribution >= 0.6 is 23.2 Å². The van der Waals surface area contributed by atoms with Crippen LogP contribution < -0.4 is 0 Å². The molecule has 2 heteroatoms. The number of unbranched alkanes of at least 4 members (excludes halogenated alkanes) is 10. The molecule has 0 heterocycles. The van der Waals surface area contributed by atoms with Gasteiger partial charge in [-0.3, -0.25) is 0 Å². The summed E-state index contributed by atoms with van der Waals surface area (Å²) in [5, 5.41) is 0.358. The number of rotatable bonds is 15. The third-order valence-electron chi connectivity index (χ3n) is 4.06. The summed E-state index contributed by atoms with van der Waals surface area (Å²) in [5.74, 6) is 0. The summed E-state index contributed by atoms with van der Waals surface area (Å²) in [6.45, 7) is 4.52. The summed E-state index contributed by atoms with van der Waals surface area (Å²) in [6, 6.07) is 0.